The van der Waals surface area contributed by atoms with Crippen LogP contribution in [0, 0.1) is 5.82 Å². The summed E-state index contributed by atoms with van der Waals surface area (Å²) in [6, 6.07) is 7.16. The minimum atomic E-state index is -5.06. The van der Waals surface area contributed by atoms with Crippen molar-refractivity contribution in [2.24, 2.45) is 0 Å². The molecular weight excluding hydrogens is 483 g/mol. The lowest BCUT2D eigenvalue weighted by Gasteiger charge is -2.33. The van der Waals surface area contributed by atoms with Crippen molar-refractivity contribution in [2.45, 2.75) is 23.5 Å². The number of benzene rings is 2. The second-order valence-electron chi connectivity index (χ2n) is 7.20. The molecule has 1 N–H and O–H groups in total. The third-order valence-corrected chi connectivity index (χ3v) is 6.34. The standard InChI is InChI=1S/C22H15F5N2O4S/c1-2-33-20(31)17-18(30)13-7-14(24)12(8-15(13)29-16(9-23)34-19(17)29)10-3-5-11(6-4-10)28-21(32)22(25,26)27/h3-8,16H,2,9H2,1H3,(H,28,32). The van der Waals surface area contributed by atoms with Crippen LogP contribution in [0.4, 0.5) is 27.6 Å². The number of nitrogens with one attached hydrogen (secondary N) is 1. The molecule has 2 heterocycles. The van der Waals surface area contributed by atoms with Crippen LogP contribution in [0.5, 0.6) is 0 Å². The Morgan fingerprint density at radius 1 is 1.18 bits per heavy atom. The molecular formula is C22H15F5N2O4S. The predicted molar refractivity (Wildman–Crippen MR) is 115 cm³/mol. The van der Waals surface area contributed by atoms with E-state index in [4.69, 9.17) is 4.74 Å². The Balaban J connectivity index is 1.81. The van der Waals surface area contributed by atoms with Gasteiger partial charge < -0.3 is 14.6 Å². The van der Waals surface area contributed by atoms with Crippen molar-refractivity contribution in [3.8, 4) is 11.1 Å². The molecule has 0 saturated heterocycles. The molecule has 1 aliphatic heterocycles. The summed E-state index contributed by atoms with van der Waals surface area (Å²) >= 11 is 0.986. The van der Waals surface area contributed by atoms with Crippen molar-refractivity contribution < 1.29 is 36.3 Å². The lowest BCUT2D eigenvalue weighted by molar-refractivity contribution is -0.167. The summed E-state index contributed by atoms with van der Waals surface area (Å²) < 4.78 is 72.2. The molecule has 1 atom stereocenters. The van der Waals surface area contributed by atoms with Gasteiger partial charge in [-0.1, -0.05) is 23.9 Å². The summed E-state index contributed by atoms with van der Waals surface area (Å²) in [5.74, 6) is -3.87. The molecule has 4 rings (SSSR count). The fourth-order valence-electron chi connectivity index (χ4n) is 3.58. The maximum atomic E-state index is 15.0. The van der Waals surface area contributed by atoms with Gasteiger partial charge in [0.15, 0.2) is 0 Å². The van der Waals surface area contributed by atoms with Crippen LogP contribution in [0.25, 0.3) is 22.0 Å². The maximum absolute atomic E-state index is 15.0. The van der Waals surface area contributed by atoms with Crippen molar-refractivity contribution in [1.82, 2.24) is 4.57 Å². The Bertz CT molecular complexity index is 1370. The summed E-state index contributed by atoms with van der Waals surface area (Å²) in [5, 5.41) is 1.03. The first-order valence-electron chi connectivity index (χ1n) is 9.87. The molecule has 1 amide bonds. The van der Waals surface area contributed by atoms with Crippen molar-refractivity contribution >= 4 is 40.2 Å². The number of carbonyl (C=O) groups is 2. The van der Waals surface area contributed by atoms with E-state index in [0.717, 1.165) is 30.0 Å². The van der Waals surface area contributed by atoms with Gasteiger partial charge in [-0.2, -0.15) is 13.2 Å². The van der Waals surface area contributed by atoms with E-state index < -0.39 is 41.3 Å². The van der Waals surface area contributed by atoms with Gasteiger partial charge in [-0.15, -0.1) is 0 Å². The topological polar surface area (TPSA) is 77.4 Å². The first-order valence-corrected chi connectivity index (χ1v) is 10.7. The van der Waals surface area contributed by atoms with Gasteiger partial charge in [0.1, 0.15) is 23.4 Å². The molecule has 12 heteroatoms. The molecule has 0 spiro atoms. The highest BCUT2D eigenvalue weighted by atomic mass is 32.2. The molecule has 34 heavy (non-hydrogen) atoms. The first kappa shape index (κ1) is 23.7. The molecule has 0 bridgehead atoms. The second kappa shape index (κ2) is 8.75. The molecule has 178 valence electrons. The zero-order valence-corrected chi connectivity index (χ0v) is 18.2. The Kier molecular flexibility index (Phi) is 6.11. The van der Waals surface area contributed by atoms with Crippen molar-refractivity contribution in [3.63, 3.8) is 0 Å². The highest BCUT2D eigenvalue weighted by Crippen LogP contribution is 2.47. The van der Waals surface area contributed by atoms with Gasteiger partial charge in [-0.05, 0) is 36.8 Å². The quantitative estimate of drug-likeness (QED) is 0.393. The lowest BCUT2D eigenvalue weighted by Crippen LogP contribution is -2.31. The Labute approximate surface area is 192 Å². The number of aromatic nitrogens is 1. The predicted octanol–water partition coefficient (Wildman–Crippen LogP) is 5.06. The number of amides is 1. The van der Waals surface area contributed by atoms with Gasteiger partial charge in [0.2, 0.25) is 5.43 Å². The molecule has 1 unspecified atom stereocenters. The molecule has 0 fully saturated rings. The number of anilines is 1. The summed E-state index contributed by atoms with van der Waals surface area (Å²) in [4.78, 5) is 36.4. The lowest BCUT2D eigenvalue weighted by atomic mass is 10.0. The van der Waals surface area contributed by atoms with E-state index in [0.29, 0.717) is 0 Å². The average molecular weight is 498 g/mol. The molecule has 1 aliphatic rings. The summed E-state index contributed by atoms with van der Waals surface area (Å²) in [6.07, 6.45) is -5.06. The number of halogens is 5. The normalized spacial score (nSPS) is 14.9. The second-order valence-corrected chi connectivity index (χ2v) is 8.37. The van der Waals surface area contributed by atoms with Gasteiger partial charge in [-0.3, -0.25) is 9.59 Å². The SMILES string of the molecule is CCOC(=O)c1c2n(c3cc(-c4ccc(NC(=O)C(F)(F)F)cc4)c(F)cc3c1=O)C(CF)S2. The van der Waals surface area contributed by atoms with Crippen molar-refractivity contribution in [2.75, 3.05) is 18.6 Å². The highest BCUT2D eigenvalue weighted by molar-refractivity contribution is 8.00. The van der Waals surface area contributed by atoms with E-state index in [-0.39, 0.29) is 44.9 Å². The number of rotatable bonds is 5. The number of carbonyl (C=O) groups excluding carboxylic acids is 2. The van der Waals surface area contributed by atoms with E-state index in [2.05, 4.69) is 0 Å². The third kappa shape index (κ3) is 4.02. The zero-order valence-electron chi connectivity index (χ0n) is 17.3. The molecule has 1 aromatic heterocycles. The summed E-state index contributed by atoms with van der Waals surface area (Å²) in [7, 11) is 0. The molecule has 2 aromatic carbocycles. The minimum Gasteiger partial charge on any atom is -0.462 e. The largest absolute Gasteiger partial charge is 0.471 e. The Hall–Kier alpha value is -3.41. The van der Waals surface area contributed by atoms with Gasteiger partial charge in [0, 0.05) is 16.6 Å². The van der Waals surface area contributed by atoms with E-state index in [9.17, 15) is 31.9 Å². The molecule has 0 radical (unpaired) electrons. The van der Waals surface area contributed by atoms with Gasteiger partial charge in [-0.25, -0.2) is 13.6 Å². The number of nitrogens with zero attached hydrogens (tertiary/aromatic N) is 1. The van der Waals surface area contributed by atoms with Crippen LogP contribution in [-0.2, 0) is 9.53 Å². The highest BCUT2D eigenvalue weighted by Gasteiger charge is 2.39. The number of alkyl halides is 4. The average Bonchev–Trinajstić information content (AvgIpc) is 2.76. The smallest absolute Gasteiger partial charge is 0.462 e. The number of pyridine rings is 1. The van der Waals surface area contributed by atoms with E-state index in [1.807, 2.05) is 0 Å². The maximum Gasteiger partial charge on any atom is 0.471 e. The number of thioether (sulfide) groups is 1. The molecule has 0 aliphatic carbocycles. The Morgan fingerprint density at radius 2 is 1.85 bits per heavy atom. The number of esters is 1. The van der Waals surface area contributed by atoms with Crippen LogP contribution >= 0.6 is 11.8 Å². The van der Waals surface area contributed by atoms with Crippen molar-refractivity contribution in [3.05, 3.63) is 58.0 Å². The molecule has 6 nitrogen and oxygen atoms in total. The van der Waals surface area contributed by atoms with Crippen LogP contribution in [0.1, 0.15) is 22.7 Å². The van der Waals surface area contributed by atoms with E-state index in [1.165, 1.54) is 22.8 Å². The number of fused-ring (bicyclic) bond motifs is 3. The monoisotopic (exact) mass is 498 g/mol. The first-order chi connectivity index (χ1) is 16.1. The van der Waals surface area contributed by atoms with Crippen LogP contribution in [0.3, 0.4) is 0 Å². The molecule has 3 aromatic rings. The zero-order chi connectivity index (χ0) is 24.8. The Morgan fingerprint density at radius 3 is 2.44 bits per heavy atom. The van der Waals surface area contributed by atoms with Crippen LogP contribution in [0.2, 0.25) is 0 Å². The number of hydrogen-bond acceptors (Lipinski definition) is 5. The fourth-order valence-corrected chi connectivity index (χ4v) is 4.70. The number of hydrogen-bond donors (Lipinski definition) is 1. The van der Waals surface area contributed by atoms with Gasteiger partial charge >= 0.3 is 18.1 Å². The number of ether oxygens (including phenoxy) is 1. The van der Waals surface area contributed by atoms with E-state index in [1.54, 1.807) is 12.2 Å². The summed E-state index contributed by atoms with van der Waals surface area (Å²) in [5.41, 5.74) is -0.764. The van der Waals surface area contributed by atoms with Crippen LogP contribution < -0.4 is 10.7 Å². The van der Waals surface area contributed by atoms with Gasteiger partial charge in [0.05, 0.1) is 17.1 Å². The van der Waals surface area contributed by atoms with Crippen molar-refractivity contribution in [1.29, 1.82) is 0 Å². The van der Waals surface area contributed by atoms with Crippen LogP contribution in [0.15, 0.2) is 46.2 Å². The van der Waals surface area contributed by atoms with E-state index >= 15 is 4.39 Å². The fraction of sp³-hybridized carbons (Fsp3) is 0.227. The van der Waals surface area contributed by atoms with Gasteiger partial charge in [0.25, 0.3) is 0 Å². The van der Waals surface area contributed by atoms with Crippen LogP contribution in [-0.4, -0.2) is 35.9 Å². The minimum absolute atomic E-state index is 0.00584. The molecule has 0 saturated carbocycles. The third-order valence-electron chi connectivity index (χ3n) is 5.11. The summed E-state index contributed by atoms with van der Waals surface area (Å²) in [6.45, 7) is 0.768.